The summed E-state index contributed by atoms with van der Waals surface area (Å²) in [6, 6.07) is 9.94. The second kappa shape index (κ2) is 10.0. The molecule has 0 bridgehead atoms. The number of hydrogen-bond acceptors (Lipinski definition) is 4. The van der Waals surface area contributed by atoms with Crippen LogP contribution in [-0.2, 0) is 11.2 Å². The van der Waals surface area contributed by atoms with Gasteiger partial charge in [-0.05, 0) is 35.9 Å². The SMILES string of the molecule is COc1ccc(CC(=O)NCCNC(=O)c2ccc(Cl)cc2Cl)cc1OC. The Bertz CT molecular complexity index is 827. The van der Waals surface area contributed by atoms with Crippen molar-refractivity contribution in [1.82, 2.24) is 10.6 Å². The van der Waals surface area contributed by atoms with Crippen molar-refractivity contribution in [2.24, 2.45) is 0 Å². The minimum Gasteiger partial charge on any atom is -0.493 e. The lowest BCUT2D eigenvalue weighted by Gasteiger charge is -2.10. The number of carbonyl (C=O) groups is 2. The molecule has 0 saturated carbocycles. The monoisotopic (exact) mass is 410 g/mol. The van der Waals surface area contributed by atoms with Crippen molar-refractivity contribution < 1.29 is 19.1 Å². The highest BCUT2D eigenvalue weighted by Crippen LogP contribution is 2.27. The fourth-order valence-electron chi connectivity index (χ4n) is 2.39. The van der Waals surface area contributed by atoms with E-state index in [0.717, 1.165) is 5.56 Å². The highest BCUT2D eigenvalue weighted by molar-refractivity contribution is 6.36. The third-order valence-electron chi connectivity index (χ3n) is 3.72. The topological polar surface area (TPSA) is 76.7 Å². The fourth-order valence-corrected chi connectivity index (χ4v) is 2.88. The van der Waals surface area contributed by atoms with Crippen LogP contribution in [0.5, 0.6) is 11.5 Å². The molecule has 0 aliphatic carbocycles. The molecule has 0 atom stereocenters. The second-order valence-electron chi connectivity index (χ2n) is 5.60. The van der Waals surface area contributed by atoms with Crippen LogP contribution >= 0.6 is 23.2 Å². The van der Waals surface area contributed by atoms with Crippen molar-refractivity contribution in [2.45, 2.75) is 6.42 Å². The summed E-state index contributed by atoms with van der Waals surface area (Å²) in [6.45, 7) is 0.568. The van der Waals surface area contributed by atoms with Crippen molar-refractivity contribution >= 4 is 35.0 Å². The zero-order valence-corrected chi connectivity index (χ0v) is 16.5. The lowest BCUT2D eigenvalue weighted by molar-refractivity contribution is -0.120. The second-order valence-corrected chi connectivity index (χ2v) is 6.44. The number of rotatable bonds is 8. The average molecular weight is 411 g/mol. The van der Waals surface area contributed by atoms with E-state index in [1.807, 2.05) is 0 Å². The molecule has 0 fully saturated rings. The van der Waals surface area contributed by atoms with Crippen LogP contribution in [0, 0.1) is 0 Å². The molecular formula is C19H20Cl2N2O4. The Hall–Kier alpha value is -2.44. The van der Waals surface area contributed by atoms with E-state index in [9.17, 15) is 9.59 Å². The van der Waals surface area contributed by atoms with Gasteiger partial charge in [-0.1, -0.05) is 29.3 Å². The zero-order chi connectivity index (χ0) is 19.8. The fraction of sp³-hybridized carbons (Fsp3) is 0.263. The number of methoxy groups -OCH3 is 2. The molecule has 2 aromatic carbocycles. The first-order chi connectivity index (χ1) is 12.9. The highest BCUT2D eigenvalue weighted by atomic mass is 35.5. The molecule has 0 aliphatic rings. The molecule has 2 N–H and O–H groups in total. The van der Waals surface area contributed by atoms with Gasteiger partial charge >= 0.3 is 0 Å². The van der Waals surface area contributed by atoms with Crippen molar-refractivity contribution in [3.8, 4) is 11.5 Å². The van der Waals surface area contributed by atoms with Crippen LogP contribution in [0.25, 0.3) is 0 Å². The third kappa shape index (κ3) is 6.05. The van der Waals surface area contributed by atoms with E-state index in [1.165, 1.54) is 13.2 Å². The number of nitrogens with one attached hydrogen (secondary N) is 2. The molecule has 0 unspecified atom stereocenters. The molecule has 0 heterocycles. The van der Waals surface area contributed by atoms with Crippen LogP contribution in [-0.4, -0.2) is 39.1 Å². The first-order valence-electron chi connectivity index (χ1n) is 8.15. The van der Waals surface area contributed by atoms with E-state index in [0.29, 0.717) is 28.6 Å². The van der Waals surface area contributed by atoms with Gasteiger partial charge in [0, 0.05) is 18.1 Å². The number of hydrogen-bond donors (Lipinski definition) is 2. The van der Waals surface area contributed by atoms with E-state index in [2.05, 4.69) is 10.6 Å². The van der Waals surface area contributed by atoms with Gasteiger partial charge in [-0.3, -0.25) is 9.59 Å². The third-order valence-corrected chi connectivity index (χ3v) is 4.27. The molecule has 2 amide bonds. The van der Waals surface area contributed by atoms with Crippen molar-refractivity contribution in [2.75, 3.05) is 27.3 Å². The summed E-state index contributed by atoms with van der Waals surface area (Å²) in [5, 5.41) is 6.17. The summed E-state index contributed by atoms with van der Waals surface area (Å²) >= 11 is 11.8. The van der Waals surface area contributed by atoms with Crippen LogP contribution in [0.4, 0.5) is 0 Å². The summed E-state index contributed by atoms with van der Waals surface area (Å²) in [5.74, 6) is 0.673. The van der Waals surface area contributed by atoms with Crippen LogP contribution in [0.2, 0.25) is 10.0 Å². The predicted molar refractivity (Wildman–Crippen MR) is 105 cm³/mol. The molecule has 0 aromatic heterocycles. The summed E-state index contributed by atoms with van der Waals surface area (Å²) in [4.78, 5) is 24.1. The minimum atomic E-state index is -0.328. The Balaban J connectivity index is 1.78. The van der Waals surface area contributed by atoms with Crippen LogP contribution < -0.4 is 20.1 Å². The summed E-state index contributed by atoms with van der Waals surface area (Å²) in [5.41, 5.74) is 1.12. The minimum absolute atomic E-state index is 0.166. The molecule has 0 saturated heterocycles. The zero-order valence-electron chi connectivity index (χ0n) is 15.0. The number of ether oxygens (including phenoxy) is 2. The predicted octanol–water partition coefficient (Wildman–Crippen LogP) is 3.10. The lowest BCUT2D eigenvalue weighted by Crippen LogP contribution is -2.35. The quantitative estimate of drug-likeness (QED) is 0.655. The van der Waals surface area contributed by atoms with Gasteiger partial charge in [-0.2, -0.15) is 0 Å². The van der Waals surface area contributed by atoms with E-state index in [-0.39, 0.29) is 29.8 Å². The Morgan fingerprint density at radius 2 is 1.63 bits per heavy atom. The van der Waals surface area contributed by atoms with Gasteiger partial charge in [0.1, 0.15) is 0 Å². The Kier molecular flexibility index (Phi) is 7.76. The van der Waals surface area contributed by atoms with E-state index < -0.39 is 0 Å². The smallest absolute Gasteiger partial charge is 0.252 e. The Morgan fingerprint density at radius 3 is 2.30 bits per heavy atom. The number of carbonyl (C=O) groups excluding carboxylic acids is 2. The van der Waals surface area contributed by atoms with Gasteiger partial charge in [0.2, 0.25) is 5.91 Å². The molecule has 2 rings (SSSR count). The molecule has 0 radical (unpaired) electrons. The Morgan fingerprint density at radius 1 is 0.926 bits per heavy atom. The molecule has 0 aliphatic heterocycles. The number of amides is 2. The normalized spacial score (nSPS) is 10.2. The summed E-state index contributed by atoms with van der Waals surface area (Å²) in [7, 11) is 3.09. The van der Waals surface area contributed by atoms with Crippen molar-refractivity contribution in [3.05, 3.63) is 57.6 Å². The molecule has 144 valence electrons. The van der Waals surface area contributed by atoms with Gasteiger partial charge in [0.05, 0.1) is 31.2 Å². The molecule has 8 heteroatoms. The average Bonchev–Trinajstić information content (AvgIpc) is 2.64. The molecular weight excluding hydrogens is 391 g/mol. The van der Waals surface area contributed by atoms with E-state index in [4.69, 9.17) is 32.7 Å². The first-order valence-corrected chi connectivity index (χ1v) is 8.91. The maximum Gasteiger partial charge on any atom is 0.252 e. The highest BCUT2D eigenvalue weighted by Gasteiger charge is 2.11. The number of benzene rings is 2. The van der Waals surface area contributed by atoms with Crippen LogP contribution in [0.3, 0.4) is 0 Å². The maximum atomic E-state index is 12.1. The lowest BCUT2D eigenvalue weighted by atomic mass is 10.1. The van der Waals surface area contributed by atoms with Crippen molar-refractivity contribution in [3.63, 3.8) is 0 Å². The van der Waals surface area contributed by atoms with E-state index >= 15 is 0 Å². The summed E-state index contributed by atoms with van der Waals surface area (Å²) < 4.78 is 10.4. The standard InChI is InChI=1S/C19H20Cl2N2O4/c1-26-16-6-3-12(9-17(16)27-2)10-18(24)22-7-8-23-19(25)14-5-4-13(20)11-15(14)21/h3-6,9,11H,7-8,10H2,1-2H3,(H,22,24)(H,23,25). The van der Waals surface area contributed by atoms with Crippen molar-refractivity contribution in [1.29, 1.82) is 0 Å². The molecule has 2 aromatic rings. The molecule has 6 nitrogen and oxygen atoms in total. The van der Waals surface area contributed by atoms with Gasteiger partial charge in [0.25, 0.3) is 5.91 Å². The van der Waals surface area contributed by atoms with E-state index in [1.54, 1.807) is 37.4 Å². The van der Waals surface area contributed by atoms with Gasteiger partial charge in [-0.15, -0.1) is 0 Å². The Labute approximate surface area is 167 Å². The summed E-state index contributed by atoms with van der Waals surface area (Å²) in [6.07, 6.45) is 0.192. The van der Waals surface area contributed by atoms with Gasteiger partial charge < -0.3 is 20.1 Å². The largest absolute Gasteiger partial charge is 0.493 e. The molecule has 0 spiro atoms. The molecule has 27 heavy (non-hydrogen) atoms. The van der Waals surface area contributed by atoms with Gasteiger partial charge in [-0.25, -0.2) is 0 Å². The van der Waals surface area contributed by atoms with Crippen LogP contribution in [0.15, 0.2) is 36.4 Å². The van der Waals surface area contributed by atoms with Gasteiger partial charge in [0.15, 0.2) is 11.5 Å². The first kappa shape index (κ1) is 20.9. The number of halogens is 2. The van der Waals surface area contributed by atoms with Crippen LogP contribution in [0.1, 0.15) is 15.9 Å². The maximum absolute atomic E-state index is 12.1.